The summed E-state index contributed by atoms with van der Waals surface area (Å²) in [6.07, 6.45) is 0.912. The van der Waals surface area contributed by atoms with Crippen LogP contribution in [0, 0.1) is 13.8 Å². The molecule has 0 aliphatic carbocycles. The molecule has 2 aromatic rings. The Morgan fingerprint density at radius 1 is 1.38 bits per heavy atom. The fourth-order valence-corrected chi connectivity index (χ4v) is 2.70. The minimum atomic E-state index is -0.127. The second-order valence-corrected chi connectivity index (χ2v) is 5.31. The van der Waals surface area contributed by atoms with Gasteiger partial charge in [-0.1, -0.05) is 6.92 Å². The summed E-state index contributed by atoms with van der Waals surface area (Å²) in [6.45, 7) is 6.31. The molecule has 0 aromatic carbocycles. The van der Waals surface area contributed by atoms with Crippen molar-refractivity contribution >= 4 is 11.3 Å². The molecule has 2 rings (SSSR count). The second kappa shape index (κ2) is 4.44. The zero-order valence-electron chi connectivity index (χ0n) is 9.91. The van der Waals surface area contributed by atoms with Crippen LogP contribution in [0.4, 0.5) is 0 Å². The lowest BCUT2D eigenvalue weighted by Crippen LogP contribution is -2.08. The van der Waals surface area contributed by atoms with Crippen LogP contribution in [0.15, 0.2) is 22.6 Å². The van der Waals surface area contributed by atoms with Crippen molar-refractivity contribution in [3.05, 3.63) is 45.0 Å². The van der Waals surface area contributed by atoms with Gasteiger partial charge in [-0.3, -0.25) is 0 Å². The number of thiophene rings is 1. The van der Waals surface area contributed by atoms with E-state index in [1.165, 1.54) is 15.3 Å². The smallest absolute Gasteiger partial charge is 0.126 e. The first-order valence-corrected chi connectivity index (χ1v) is 6.34. The van der Waals surface area contributed by atoms with Gasteiger partial charge >= 0.3 is 0 Å². The Balaban J connectivity index is 2.27. The number of aryl methyl sites for hydroxylation is 3. The molecular formula is C13H17NOS. The molecule has 0 spiro atoms. The van der Waals surface area contributed by atoms with Gasteiger partial charge in [-0.2, -0.15) is 0 Å². The van der Waals surface area contributed by atoms with Gasteiger partial charge in [-0.15, -0.1) is 11.3 Å². The van der Waals surface area contributed by atoms with Gasteiger partial charge in [-0.05, 0) is 37.6 Å². The zero-order chi connectivity index (χ0) is 11.7. The van der Waals surface area contributed by atoms with Gasteiger partial charge in [0.2, 0.25) is 0 Å². The maximum atomic E-state index is 6.18. The van der Waals surface area contributed by atoms with Gasteiger partial charge in [0.25, 0.3) is 0 Å². The highest BCUT2D eigenvalue weighted by molar-refractivity contribution is 7.12. The molecule has 3 heteroatoms. The number of furan rings is 1. The van der Waals surface area contributed by atoms with E-state index in [1.54, 1.807) is 11.3 Å². The Hall–Kier alpha value is -1.06. The maximum Gasteiger partial charge on any atom is 0.126 e. The van der Waals surface area contributed by atoms with Crippen LogP contribution in [-0.2, 0) is 6.42 Å². The van der Waals surface area contributed by atoms with Crippen LogP contribution in [0.2, 0.25) is 0 Å². The molecular weight excluding hydrogens is 218 g/mol. The number of nitrogens with two attached hydrogens (primary N) is 1. The van der Waals surface area contributed by atoms with Crippen molar-refractivity contribution < 1.29 is 4.42 Å². The molecule has 0 aliphatic heterocycles. The van der Waals surface area contributed by atoms with Crippen LogP contribution in [0.25, 0.3) is 0 Å². The van der Waals surface area contributed by atoms with Gasteiger partial charge in [0.15, 0.2) is 0 Å². The van der Waals surface area contributed by atoms with Crippen molar-refractivity contribution in [1.29, 1.82) is 0 Å². The molecule has 2 N–H and O–H groups in total. The lowest BCUT2D eigenvalue weighted by molar-refractivity contribution is 0.455. The van der Waals surface area contributed by atoms with Crippen molar-refractivity contribution in [2.45, 2.75) is 33.2 Å². The third-order valence-electron chi connectivity index (χ3n) is 2.83. The summed E-state index contributed by atoms with van der Waals surface area (Å²) < 4.78 is 5.68. The summed E-state index contributed by atoms with van der Waals surface area (Å²) in [7, 11) is 0. The Morgan fingerprint density at radius 2 is 2.12 bits per heavy atom. The molecule has 1 unspecified atom stereocenters. The SMILES string of the molecule is CCc1ccc(C(N)c2cc(C)c(C)s2)o1. The van der Waals surface area contributed by atoms with Crippen LogP contribution in [0.5, 0.6) is 0 Å². The van der Waals surface area contributed by atoms with Crippen LogP contribution >= 0.6 is 11.3 Å². The Labute approximate surface area is 100 Å². The molecule has 1 atom stereocenters. The lowest BCUT2D eigenvalue weighted by Gasteiger charge is -2.05. The van der Waals surface area contributed by atoms with E-state index in [-0.39, 0.29) is 6.04 Å². The summed E-state index contributed by atoms with van der Waals surface area (Å²) in [6, 6.07) is 6.01. The molecule has 0 radical (unpaired) electrons. The topological polar surface area (TPSA) is 39.2 Å². The van der Waals surface area contributed by atoms with Gasteiger partial charge in [0.05, 0.1) is 6.04 Å². The average molecular weight is 235 g/mol. The molecule has 2 heterocycles. The monoisotopic (exact) mass is 235 g/mol. The standard InChI is InChI=1S/C13H17NOS/c1-4-10-5-6-11(15-10)13(14)12-7-8(2)9(3)16-12/h5-7,13H,4,14H2,1-3H3. The first kappa shape index (κ1) is 11.4. The Bertz CT molecular complexity index is 464. The molecule has 0 aliphatic rings. The Morgan fingerprint density at radius 3 is 2.62 bits per heavy atom. The quantitative estimate of drug-likeness (QED) is 0.883. The average Bonchev–Trinajstić information content (AvgIpc) is 2.86. The van der Waals surface area contributed by atoms with E-state index < -0.39 is 0 Å². The van der Waals surface area contributed by atoms with E-state index >= 15 is 0 Å². The van der Waals surface area contributed by atoms with E-state index in [0.29, 0.717) is 0 Å². The first-order chi connectivity index (χ1) is 7.61. The second-order valence-electron chi connectivity index (χ2n) is 4.02. The number of rotatable bonds is 3. The van der Waals surface area contributed by atoms with Crippen LogP contribution < -0.4 is 5.73 Å². The highest BCUT2D eigenvalue weighted by Gasteiger charge is 2.15. The number of hydrogen-bond acceptors (Lipinski definition) is 3. The van der Waals surface area contributed by atoms with Crippen molar-refractivity contribution in [3.8, 4) is 0 Å². The van der Waals surface area contributed by atoms with Crippen LogP contribution in [0.1, 0.15) is 39.8 Å². The van der Waals surface area contributed by atoms with Crippen molar-refractivity contribution in [2.75, 3.05) is 0 Å². The first-order valence-electron chi connectivity index (χ1n) is 5.53. The van der Waals surface area contributed by atoms with E-state index in [4.69, 9.17) is 10.2 Å². The minimum Gasteiger partial charge on any atom is -0.464 e. The molecule has 0 saturated carbocycles. The summed E-state index contributed by atoms with van der Waals surface area (Å²) in [5.41, 5.74) is 7.49. The highest BCUT2D eigenvalue weighted by Crippen LogP contribution is 2.29. The minimum absolute atomic E-state index is 0.127. The molecule has 0 bridgehead atoms. The van der Waals surface area contributed by atoms with Gasteiger partial charge in [0.1, 0.15) is 11.5 Å². The van der Waals surface area contributed by atoms with Crippen molar-refractivity contribution in [3.63, 3.8) is 0 Å². The fraction of sp³-hybridized carbons (Fsp3) is 0.385. The van der Waals surface area contributed by atoms with Crippen LogP contribution in [0.3, 0.4) is 0 Å². The summed E-state index contributed by atoms with van der Waals surface area (Å²) in [4.78, 5) is 2.50. The lowest BCUT2D eigenvalue weighted by atomic mass is 10.2. The molecule has 0 saturated heterocycles. The largest absolute Gasteiger partial charge is 0.464 e. The molecule has 0 fully saturated rings. The fourth-order valence-electron chi connectivity index (χ4n) is 1.65. The predicted molar refractivity (Wildman–Crippen MR) is 67.9 cm³/mol. The summed E-state index contributed by atoms with van der Waals surface area (Å²) in [5.74, 6) is 1.86. The predicted octanol–water partition coefficient (Wildman–Crippen LogP) is 3.57. The molecule has 2 aromatic heterocycles. The molecule has 86 valence electrons. The van der Waals surface area contributed by atoms with E-state index in [9.17, 15) is 0 Å². The van der Waals surface area contributed by atoms with Gasteiger partial charge in [0, 0.05) is 16.2 Å². The van der Waals surface area contributed by atoms with Crippen LogP contribution in [-0.4, -0.2) is 0 Å². The molecule has 2 nitrogen and oxygen atoms in total. The van der Waals surface area contributed by atoms with Crippen molar-refractivity contribution in [2.24, 2.45) is 5.73 Å². The van der Waals surface area contributed by atoms with E-state index in [1.807, 2.05) is 12.1 Å². The zero-order valence-corrected chi connectivity index (χ0v) is 10.7. The normalized spacial score (nSPS) is 13.0. The van der Waals surface area contributed by atoms with E-state index in [2.05, 4.69) is 26.8 Å². The van der Waals surface area contributed by atoms with E-state index in [0.717, 1.165) is 17.9 Å². The molecule has 0 amide bonds. The number of hydrogen-bond donors (Lipinski definition) is 1. The summed E-state index contributed by atoms with van der Waals surface area (Å²) in [5, 5.41) is 0. The third kappa shape index (κ3) is 2.06. The third-order valence-corrected chi connectivity index (χ3v) is 4.06. The van der Waals surface area contributed by atoms with Gasteiger partial charge in [-0.25, -0.2) is 0 Å². The molecule has 16 heavy (non-hydrogen) atoms. The highest BCUT2D eigenvalue weighted by atomic mass is 32.1. The Kier molecular flexibility index (Phi) is 3.17. The maximum absolute atomic E-state index is 6.18. The van der Waals surface area contributed by atoms with Gasteiger partial charge < -0.3 is 10.2 Å². The van der Waals surface area contributed by atoms with Crippen molar-refractivity contribution in [1.82, 2.24) is 0 Å². The summed E-state index contributed by atoms with van der Waals surface area (Å²) >= 11 is 1.75.